The van der Waals surface area contributed by atoms with Gasteiger partial charge in [-0.05, 0) is 70.6 Å². The van der Waals surface area contributed by atoms with Gasteiger partial charge in [-0.2, -0.15) is 0 Å². The number of hydrogen-bond acceptors (Lipinski definition) is 6. The number of nitro benzene ring substituents is 1. The van der Waals surface area contributed by atoms with Crippen molar-refractivity contribution in [1.29, 1.82) is 0 Å². The lowest BCUT2D eigenvalue weighted by atomic mass is 9.85. The summed E-state index contributed by atoms with van der Waals surface area (Å²) in [5, 5.41) is 11.6. The first-order valence-corrected chi connectivity index (χ1v) is 12.5. The minimum Gasteiger partial charge on any atom is -0.423 e. The zero-order chi connectivity index (χ0) is 28.0. The van der Waals surface area contributed by atoms with E-state index in [1.807, 2.05) is 19.9 Å². The molecule has 0 aromatic heterocycles. The van der Waals surface area contributed by atoms with Crippen LogP contribution in [0, 0.1) is 17.0 Å². The summed E-state index contributed by atoms with van der Waals surface area (Å²) < 4.78 is 11.6. The molecular formula is C31H33NO6. The minimum absolute atomic E-state index is 0.106. The zero-order valence-corrected chi connectivity index (χ0v) is 22.2. The summed E-state index contributed by atoms with van der Waals surface area (Å²) >= 11 is 0. The van der Waals surface area contributed by atoms with E-state index in [2.05, 4.69) is 19.7 Å². The summed E-state index contributed by atoms with van der Waals surface area (Å²) in [7, 11) is 0. The predicted molar refractivity (Wildman–Crippen MR) is 148 cm³/mol. The number of ether oxygens (including phenoxy) is 2. The molecule has 0 fully saturated rings. The maximum Gasteiger partial charge on any atom is 0.350 e. The van der Waals surface area contributed by atoms with Crippen LogP contribution in [0.3, 0.4) is 0 Å². The quantitative estimate of drug-likeness (QED) is 0.101. The third-order valence-electron chi connectivity index (χ3n) is 6.50. The molecule has 2 aromatic carbocycles. The van der Waals surface area contributed by atoms with E-state index in [1.165, 1.54) is 12.1 Å². The Morgan fingerprint density at radius 2 is 2.00 bits per heavy atom. The molecule has 0 spiro atoms. The summed E-state index contributed by atoms with van der Waals surface area (Å²) in [5.41, 5.74) is 3.76. The average Bonchev–Trinajstić information content (AvgIpc) is 3.00. The monoisotopic (exact) mass is 515 g/mol. The van der Waals surface area contributed by atoms with Crippen molar-refractivity contribution >= 4 is 17.6 Å². The van der Waals surface area contributed by atoms with Gasteiger partial charge in [0.1, 0.15) is 17.1 Å². The van der Waals surface area contributed by atoms with Gasteiger partial charge in [0.25, 0.3) is 5.69 Å². The zero-order valence-electron chi connectivity index (χ0n) is 22.2. The highest BCUT2D eigenvalue weighted by atomic mass is 16.6. The van der Waals surface area contributed by atoms with Crippen molar-refractivity contribution in [2.45, 2.75) is 58.8 Å². The van der Waals surface area contributed by atoms with E-state index in [9.17, 15) is 19.7 Å². The second-order valence-electron chi connectivity index (χ2n) is 9.66. The number of nitro groups is 1. The number of benzene rings is 2. The third kappa shape index (κ3) is 6.54. The van der Waals surface area contributed by atoms with E-state index in [0.29, 0.717) is 53.7 Å². The lowest BCUT2D eigenvalue weighted by Crippen LogP contribution is -2.15. The smallest absolute Gasteiger partial charge is 0.350 e. The van der Waals surface area contributed by atoms with Crippen LogP contribution in [-0.2, 0) is 11.2 Å². The van der Waals surface area contributed by atoms with Gasteiger partial charge < -0.3 is 9.47 Å². The minimum atomic E-state index is -0.831. The van der Waals surface area contributed by atoms with Crippen molar-refractivity contribution in [2.75, 3.05) is 0 Å². The first kappa shape index (κ1) is 28.3. The second kappa shape index (κ2) is 12.3. The Morgan fingerprint density at radius 1 is 1.26 bits per heavy atom. The maximum atomic E-state index is 13.2. The first-order valence-electron chi connectivity index (χ1n) is 12.5. The second-order valence-corrected chi connectivity index (χ2v) is 9.66. The molecular weight excluding hydrogens is 482 g/mol. The van der Waals surface area contributed by atoms with Crippen LogP contribution in [0.1, 0.15) is 72.5 Å². The molecule has 1 unspecified atom stereocenters. The number of carbonyl (C=O) groups is 2. The molecule has 2 aromatic rings. The maximum absolute atomic E-state index is 13.2. The van der Waals surface area contributed by atoms with Crippen molar-refractivity contribution in [3.05, 3.63) is 111 Å². The van der Waals surface area contributed by atoms with Crippen molar-refractivity contribution in [1.82, 2.24) is 0 Å². The van der Waals surface area contributed by atoms with E-state index in [0.717, 1.165) is 17.6 Å². The molecule has 7 nitrogen and oxygen atoms in total. The van der Waals surface area contributed by atoms with Crippen LogP contribution < -0.4 is 9.47 Å². The summed E-state index contributed by atoms with van der Waals surface area (Å²) in [6, 6.07) is 7.73. The van der Waals surface area contributed by atoms with Gasteiger partial charge in [-0.1, -0.05) is 42.0 Å². The SMILES string of the molecule is C=CCCC1=CCc2cc(OC(=O)c3c(C)cccc3[N+](=O)[O-])cc(C(CCC(=C)C)C(=C)C)c2OC1=O. The number of aryl methyl sites for hydroxylation is 1. The van der Waals surface area contributed by atoms with Crippen LogP contribution in [0.25, 0.3) is 0 Å². The van der Waals surface area contributed by atoms with Crippen molar-refractivity contribution in [3.8, 4) is 11.5 Å². The third-order valence-corrected chi connectivity index (χ3v) is 6.50. The lowest BCUT2D eigenvalue weighted by molar-refractivity contribution is -0.385. The van der Waals surface area contributed by atoms with Crippen LogP contribution in [-0.4, -0.2) is 16.9 Å². The molecule has 1 aliphatic rings. The number of rotatable bonds is 11. The van der Waals surface area contributed by atoms with Crippen LogP contribution in [0.15, 0.2) is 78.9 Å². The standard InChI is InChI=1S/C31H33NO6/c1-7-8-11-22-14-15-23-17-24(37-31(34)28-21(6)10-9-12-27(28)32(35)36)18-26(29(23)38-30(22)33)25(20(4)5)16-13-19(2)3/h7,9-10,12,14,17-18,25H,1-2,4,8,11,13,15-16H2,3,5-6H3. The molecule has 38 heavy (non-hydrogen) atoms. The molecule has 198 valence electrons. The van der Waals surface area contributed by atoms with Crippen molar-refractivity contribution in [2.24, 2.45) is 0 Å². The largest absolute Gasteiger partial charge is 0.423 e. The summed E-state index contributed by atoms with van der Waals surface area (Å²) in [4.78, 5) is 37.1. The van der Waals surface area contributed by atoms with E-state index in [1.54, 1.807) is 31.2 Å². The Balaban J connectivity index is 2.11. The van der Waals surface area contributed by atoms with Gasteiger partial charge in [-0.15, -0.1) is 13.2 Å². The normalized spacial score (nSPS) is 13.3. The number of allylic oxidation sites excluding steroid dienone is 4. The van der Waals surface area contributed by atoms with Crippen molar-refractivity contribution < 1.29 is 24.0 Å². The number of hydrogen-bond donors (Lipinski definition) is 0. The van der Waals surface area contributed by atoms with E-state index >= 15 is 0 Å². The van der Waals surface area contributed by atoms with Crippen LogP contribution in [0.4, 0.5) is 5.69 Å². The van der Waals surface area contributed by atoms with Crippen molar-refractivity contribution in [3.63, 3.8) is 0 Å². The fourth-order valence-electron chi connectivity index (χ4n) is 4.50. The number of carbonyl (C=O) groups excluding carboxylic acids is 2. The van der Waals surface area contributed by atoms with Gasteiger partial charge in [-0.25, -0.2) is 9.59 Å². The number of fused-ring (bicyclic) bond motifs is 1. The van der Waals surface area contributed by atoms with Gasteiger partial charge in [0, 0.05) is 28.7 Å². The molecule has 1 aliphatic heterocycles. The molecule has 0 N–H and O–H groups in total. The molecule has 3 rings (SSSR count). The van der Waals surface area contributed by atoms with Gasteiger partial charge in [-0.3, -0.25) is 10.1 Å². The molecule has 0 saturated heterocycles. The fraction of sp³-hybridized carbons (Fsp3) is 0.290. The summed E-state index contributed by atoms with van der Waals surface area (Å²) in [6.07, 6.45) is 6.49. The molecule has 0 bridgehead atoms. The molecule has 1 heterocycles. The summed E-state index contributed by atoms with van der Waals surface area (Å²) in [5.74, 6) is -0.817. The molecule has 0 amide bonds. The van der Waals surface area contributed by atoms with Crippen LogP contribution in [0.2, 0.25) is 0 Å². The molecule has 0 aliphatic carbocycles. The van der Waals surface area contributed by atoms with Gasteiger partial charge in [0.2, 0.25) is 0 Å². The number of esters is 2. The molecule has 0 saturated carbocycles. The van der Waals surface area contributed by atoms with Gasteiger partial charge >= 0.3 is 11.9 Å². The van der Waals surface area contributed by atoms with Crippen LogP contribution >= 0.6 is 0 Å². The molecule has 0 radical (unpaired) electrons. The highest BCUT2D eigenvalue weighted by Gasteiger charge is 2.28. The average molecular weight is 516 g/mol. The molecule has 7 heteroatoms. The summed E-state index contributed by atoms with van der Waals surface area (Å²) in [6.45, 7) is 17.3. The lowest BCUT2D eigenvalue weighted by Gasteiger charge is -2.23. The fourth-order valence-corrected chi connectivity index (χ4v) is 4.50. The molecule has 1 atom stereocenters. The van der Waals surface area contributed by atoms with Gasteiger partial charge in [0.15, 0.2) is 0 Å². The Labute approximate surface area is 223 Å². The predicted octanol–water partition coefficient (Wildman–Crippen LogP) is 7.49. The number of nitrogens with zero attached hydrogens (tertiary/aromatic N) is 1. The van der Waals surface area contributed by atoms with Crippen LogP contribution in [0.5, 0.6) is 11.5 Å². The Hall–Kier alpha value is -4.26. The Kier molecular flexibility index (Phi) is 9.18. The van der Waals surface area contributed by atoms with E-state index in [-0.39, 0.29) is 22.9 Å². The topological polar surface area (TPSA) is 95.7 Å². The van der Waals surface area contributed by atoms with E-state index < -0.39 is 16.9 Å². The Bertz CT molecular complexity index is 1350. The first-order chi connectivity index (χ1) is 18.0. The highest BCUT2D eigenvalue weighted by Crippen LogP contribution is 2.42. The Morgan fingerprint density at radius 3 is 2.63 bits per heavy atom. The van der Waals surface area contributed by atoms with Gasteiger partial charge in [0.05, 0.1) is 4.92 Å². The highest BCUT2D eigenvalue weighted by molar-refractivity contribution is 5.97. The van der Waals surface area contributed by atoms with E-state index in [4.69, 9.17) is 9.47 Å².